The van der Waals surface area contributed by atoms with Crippen molar-refractivity contribution in [3.05, 3.63) is 66.6 Å². The van der Waals surface area contributed by atoms with Crippen LogP contribution in [-0.2, 0) is 11.3 Å². The van der Waals surface area contributed by atoms with Crippen molar-refractivity contribution in [2.45, 2.75) is 12.6 Å². The lowest BCUT2D eigenvalue weighted by molar-refractivity contribution is -0.0161. The Kier molecular flexibility index (Phi) is 4.31. The van der Waals surface area contributed by atoms with E-state index < -0.39 is 0 Å². The van der Waals surface area contributed by atoms with Crippen LogP contribution in [0, 0.1) is 0 Å². The maximum absolute atomic E-state index is 5.69. The minimum Gasteiger partial charge on any atom is -0.378 e. The number of morpholine rings is 1. The van der Waals surface area contributed by atoms with Crippen LogP contribution >= 0.6 is 0 Å². The molecule has 0 spiro atoms. The van der Waals surface area contributed by atoms with Crippen LogP contribution in [0.2, 0.25) is 0 Å². The van der Waals surface area contributed by atoms with Gasteiger partial charge in [-0.25, -0.2) is 4.98 Å². The Bertz CT molecular complexity index is 774. The molecule has 24 heavy (non-hydrogen) atoms. The second-order valence-corrected chi connectivity index (χ2v) is 5.80. The summed E-state index contributed by atoms with van der Waals surface area (Å²) in [5.74, 6) is 0.928. The molecule has 4 heterocycles. The summed E-state index contributed by atoms with van der Waals surface area (Å²) < 4.78 is 5.69. The monoisotopic (exact) mass is 321 g/mol. The van der Waals surface area contributed by atoms with Gasteiger partial charge in [-0.1, -0.05) is 6.07 Å². The molecule has 4 rings (SSSR count). The predicted octanol–water partition coefficient (Wildman–Crippen LogP) is 2.44. The van der Waals surface area contributed by atoms with Crippen molar-refractivity contribution in [3.8, 4) is 11.3 Å². The number of nitrogens with zero attached hydrogens (tertiary/aromatic N) is 4. The first-order valence-electron chi connectivity index (χ1n) is 8.07. The summed E-state index contributed by atoms with van der Waals surface area (Å²) in [6, 6.07) is 10.1. The van der Waals surface area contributed by atoms with Gasteiger partial charge in [0.25, 0.3) is 0 Å². The zero-order valence-corrected chi connectivity index (χ0v) is 13.3. The Labute approximate surface area is 140 Å². The van der Waals surface area contributed by atoms with Crippen molar-refractivity contribution in [3.63, 3.8) is 0 Å². The Balaban J connectivity index is 1.56. The van der Waals surface area contributed by atoms with Gasteiger partial charge in [0.05, 0.1) is 36.8 Å². The van der Waals surface area contributed by atoms with E-state index in [4.69, 9.17) is 4.74 Å². The molecule has 1 N–H and O–H groups in total. The molecule has 1 atom stereocenters. The fraction of sp³-hybridized carbons (Fsp3) is 0.278. The van der Waals surface area contributed by atoms with Crippen LogP contribution in [0.4, 0.5) is 0 Å². The molecule has 0 saturated carbocycles. The van der Waals surface area contributed by atoms with E-state index in [9.17, 15) is 0 Å². The lowest BCUT2D eigenvalue weighted by atomic mass is 10.2. The highest BCUT2D eigenvalue weighted by Crippen LogP contribution is 2.25. The number of hydrogen-bond donors (Lipinski definition) is 1. The zero-order chi connectivity index (χ0) is 16.2. The lowest BCUT2D eigenvalue weighted by Gasteiger charge is -2.34. The molecule has 1 aliphatic heterocycles. The maximum atomic E-state index is 5.69. The quantitative estimate of drug-likeness (QED) is 0.799. The molecule has 0 bridgehead atoms. The first-order chi connectivity index (χ1) is 11.9. The number of H-pyrrole nitrogens is 1. The molecule has 6 heteroatoms. The molecule has 3 aromatic rings. The Morgan fingerprint density at radius 2 is 2.04 bits per heavy atom. The average Bonchev–Trinajstić information content (AvgIpc) is 3.14. The van der Waals surface area contributed by atoms with Gasteiger partial charge in [0, 0.05) is 37.2 Å². The highest BCUT2D eigenvalue weighted by atomic mass is 16.5. The average molecular weight is 321 g/mol. The minimum absolute atomic E-state index is 0.108. The summed E-state index contributed by atoms with van der Waals surface area (Å²) in [6.45, 7) is 3.03. The van der Waals surface area contributed by atoms with Gasteiger partial charge < -0.3 is 9.72 Å². The van der Waals surface area contributed by atoms with E-state index in [1.807, 2.05) is 36.7 Å². The molecule has 0 aliphatic carbocycles. The van der Waals surface area contributed by atoms with E-state index in [1.54, 1.807) is 12.4 Å². The van der Waals surface area contributed by atoms with Crippen molar-refractivity contribution in [1.29, 1.82) is 0 Å². The Morgan fingerprint density at radius 1 is 1.12 bits per heavy atom. The van der Waals surface area contributed by atoms with Crippen LogP contribution in [0.1, 0.15) is 17.6 Å². The van der Waals surface area contributed by atoms with Crippen LogP contribution in [0.15, 0.2) is 55.1 Å². The first kappa shape index (κ1) is 15.0. The molecular weight excluding hydrogens is 302 g/mol. The van der Waals surface area contributed by atoms with Crippen LogP contribution in [0.5, 0.6) is 0 Å². The SMILES string of the molecule is c1ccc(CN2CCOC[C@H]2c2ncc(-c3ccncc3)[nH]2)nc1. The fourth-order valence-electron chi connectivity index (χ4n) is 2.96. The third-order valence-corrected chi connectivity index (χ3v) is 4.23. The van der Waals surface area contributed by atoms with Crippen molar-refractivity contribution in [2.24, 2.45) is 0 Å². The van der Waals surface area contributed by atoms with E-state index in [1.165, 1.54) is 0 Å². The summed E-state index contributed by atoms with van der Waals surface area (Å²) >= 11 is 0. The van der Waals surface area contributed by atoms with Crippen molar-refractivity contribution in [1.82, 2.24) is 24.8 Å². The topological polar surface area (TPSA) is 66.9 Å². The first-order valence-corrected chi connectivity index (χ1v) is 8.07. The highest BCUT2D eigenvalue weighted by Gasteiger charge is 2.27. The molecule has 0 amide bonds. The van der Waals surface area contributed by atoms with E-state index in [0.29, 0.717) is 6.61 Å². The maximum Gasteiger partial charge on any atom is 0.126 e. The number of hydrogen-bond acceptors (Lipinski definition) is 5. The van der Waals surface area contributed by atoms with Crippen molar-refractivity contribution < 1.29 is 4.74 Å². The van der Waals surface area contributed by atoms with Gasteiger partial charge in [0.1, 0.15) is 5.82 Å². The van der Waals surface area contributed by atoms with Gasteiger partial charge in [-0.3, -0.25) is 14.9 Å². The van der Waals surface area contributed by atoms with E-state index in [-0.39, 0.29) is 6.04 Å². The molecule has 1 aliphatic rings. The molecule has 1 saturated heterocycles. The summed E-state index contributed by atoms with van der Waals surface area (Å²) in [4.78, 5) is 18.9. The standard InChI is InChI=1S/C18H19N5O/c1-2-6-20-15(3-1)12-23-9-10-24-13-17(23)18-21-11-16(22-18)14-4-7-19-8-5-14/h1-8,11,17H,9-10,12-13H2,(H,21,22)/t17-/m0/s1. The number of imidazole rings is 1. The number of aromatic nitrogens is 4. The van der Waals surface area contributed by atoms with E-state index in [0.717, 1.165) is 42.5 Å². The molecule has 0 radical (unpaired) electrons. The number of pyridine rings is 2. The smallest absolute Gasteiger partial charge is 0.126 e. The lowest BCUT2D eigenvalue weighted by Crippen LogP contribution is -2.39. The fourth-order valence-corrected chi connectivity index (χ4v) is 2.96. The summed E-state index contributed by atoms with van der Waals surface area (Å²) in [7, 11) is 0. The van der Waals surface area contributed by atoms with Gasteiger partial charge in [-0.05, 0) is 24.3 Å². The third-order valence-electron chi connectivity index (χ3n) is 4.23. The van der Waals surface area contributed by atoms with E-state index >= 15 is 0 Å². The molecule has 1 fully saturated rings. The van der Waals surface area contributed by atoms with E-state index in [2.05, 4.69) is 30.9 Å². The number of nitrogens with one attached hydrogen (secondary N) is 1. The molecule has 3 aromatic heterocycles. The van der Waals surface area contributed by atoms with Crippen LogP contribution in [0.25, 0.3) is 11.3 Å². The molecule has 122 valence electrons. The minimum atomic E-state index is 0.108. The third kappa shape index (κ3) is 3.20. The largest absolute Gasteiger partial charge is 0.378 e. The van der Waals surface area contributed by atoms with Gasteiger partial charge in [0.2, 0.25) is 0 Å². The molecule has 6 nitrogen and oxygen atoms in total. The summed E-state index contributed by atoms with van der Waals surface area (Å²) in [5.41, 5.74) is 3.14. The molecule has 0 aromatic carbocycles. The van der Waals surface area contributed by atoms with Crippen LogP contribution in [-0.4, -0.2) is 44.6 Å². The van der Waals surface area contributed by atoms with Crippen molar-refractivity contribution in [2.75, 3.05) is 19.8 Å². The van der Waals surface area contributed by atoms with Gasteiger partial charge in [0.15, 0.2) is 0 Å². The summed E-state index contributed by atoms with van der Waals surface area (Å²) in [6.07, 6.45) is 7.28. The Morgan fingerprint density at radius 3 is 2.88 bits per heavy atom. The molecule has 0 unspecified atom stereocenters. The Hall–Kier alpha value is -2.57. The van der Waals surface area contributed by atoms with Gasteiger partial charge >= 0.3 is 0 Å². The van der Waals surface area contributed by atoms with Gasteiger partial charge in [-0.15, -0.1) is 0 Å². The second kappa shape index (κ2) is 6.90. The summed E-state index contributed by atoms with van der Waals surface area (Å²) in [5, 5.41) is 0. The van der Waals surface area contributed by atoms with Gasteiger partial charge in [-0.2, -0.15) is 0 Å². The van der Waals surface area contributed by atoms with Crippen molar-refractivity contribution >= 4 is 0 Å². The number of rotatable bonds is 4. The normalized spacial score (nSPS) is 18.6. The second-order valence-electron chi connectivity index (χ2n) is 5.80. The highest BCUT2D eigenvalue weighted by molar-refractivity contribution is 5.57. The number of aromatic amines is 1. The number of ether oxygens (including phenoxy) is 1. The molecular formula is C18H19N5O. The van der Waals surface area contributed by atoms with Crippen LogP contribution < -0.4 is 0 Å². The predicted molar refractivity (Wildman–Crippen MR) is 90.0 cm³/mol. The zero-order valence-electron chi connectivity index (χ0n) is 13.3. The van der Waals surface area contributed by atoms with Crippen LogP contribution in [0.3, 0.4) is 0 Å².